The molecule has 0 aliphatic rings. The van der Waals surface area contributed by atoms with Crippen molar-refractivity contribution in [3.05, 3.63) is 0 Å². The first-order chi connectivity index (χ1) is 7.09. The van der Waals surface area contributed by atoms with Crippen molar-refractivity contribution in [2.24, 2.45) is 0 Å². The Kier molecular flexibility index (Phi) is 5.37. The first kappa shape index (κ1) is 15.3. The predicted octanol–water partition coefficient (Wildman–Crippen LogP) is -0.362. The number of likely N-dealkylation sites (N-methyl/N-ethyl adjacent to an activating group) is 1. The summed E-state index contributed by atoms with van der Waals surface area (Å²) in [6.07, 6.45) is 0. The molecule has 1 N–H and O–H groups in total. The van der Waals surface area contributed by atoms with Gasteiger partial charge >= 0.3 is 0 Å². The summed E-state index contributed by atoms with van der Waals surface area (Å²) in [7, 11) is 1.04. The molecule has 7 heteroatoms. The fourth-order valence-electron chi connectivity index (χ4n) is 1.02. The number of amides is 1. The summed E-state index contributed by atoms with van der Waals surface area (Å²) >= 11 is 0. The molecule has 1 atom stereocenters. The Morgan fingerprint density at radius 3 is 1.88 bits per heavy atom. The smallest absolute Gasteiger partial charge is 0.280 e. The zero-order valence-corrected chi connectivity index (χ0v) is 11.5. The lowest BCUT2D eigenvalue weighted by Gasteiger charge is -2.24. The molecule has 0 bridgehead atoms. The SMILES string of the molecule is CC(C)N(C)S(=O)(=O)N[C@@H](C)C(=O)N(C)C. The number of nitrogens with zero attached hydrogens (tertiary/aromatic N) is 2. The van der Waals surface area contributed by atoms with Crippen molar-refractivity contribution in [1.82, 2.24) is 13.9 Å². The van der Waals surface area contributed by atoms with Crippen LogP contribution in [0, 0.1) is 0 Å². The lowest BCUT2D eigenvalue weighted by atomic mass is 10.3. The largest absolute Gasteiger partial charge is 0.347 e. The molecule has 16 heavy (non-hydrogen) atoms. The van der Waals surface area contributed by atoms with Gasteiger partial charge in [-0.25, -0.2) is 0 Å². The van der Waals surface area contributed by atoms with Crippen LogP contribution in [0.25, 0.3) is 0 Å². The normalized spacial score (nSPS) is 14.2. The molecule has 0 unspecified atom stereocenters. The topological polar surface area (TPSA) is 69.7 Å². The van der Waals surface area contributed by atoms with E-state index in [9.17, 15) is 13.2 Å². The summed E-state index contributed by atoms with van der Waals surface area (Å²) in [6.45, 7) is 5.05. The molecule has 0 spiro atoms. The minimum atomic E-state index is -3.60. The van der Waals surface area contributed by atoms with Gasteiger partial charge in [0, 0.05) is 27.2 Å². The molecule has 96 valence electrons. The van der Waals surface area contributed by atoms with Gasteiger partial charge in [0.25, 0.3) is 10.2 Å². The molecular formula is C9H21N3O3S. The summed E-state index contributed by atoms with van der Waals surface area (Å²) < 4.78 is 27.0. The molecule has 0 saturated heterocycles. The van der Waals surface area contributed by atoms with Crippen LogP contribution in [0.1, 0.15) is 20.8 Å². The fourth-order valence-corrected chi connectivity index (χ4v) is 2.29. The van der Waals surface area contributed by atoms with Gasteiger partial charge in [0.1, 0.15) is 0 Å². The van der Waals surface area contributed by atoms with E-state index in [1.165, 1.54) is 23.2 Å². The van der Waals surface area contributed by atoms with Crippen LogP contribution < -0.4 is 4.72 Å². The van der Waals surface area contributed by atoms with E-state index < -0.39 is 16.3 Å². The Morgan fingerprint density at radius 1 is 1.12 bits per heavy atom. The van der Waals surface area contributed by atoms with E-state index in [1.54, 1.807) is 27.9 Å². The molecule has 0 heterocycles. The summed E-state index contributed by atoms with van der Waals surface area (Å²) in [5, 5.41) is 0. The number of nitrogens with one attached hydrogen (secondary N) is 1. The van der Waals surface area contributed by atoms with Crippen molar-refractivity contribution < 1.29 is 13.2 Å². The first-order valence-corrected chi connectivity index (χ1v) is 6.50. The molecule has 0 aliphatic heterocycles. The molecule has 0 aromatic rings. The van der Waals surface area contributed by atoms with E-state index in [0.29, 0.717) is 0 Å². The van der Waals surface area contributed by atoms with Gasteiger partial charge in [0.15, 0.2) is 0 Å². The fraction of sp³-hybridized carbons (Fsp3) is 0.889. The third kappa shape index (κ3) is 4.07. The average Bonchev–Trinajstić information content (AvgIpc) is 2.14. The van der Waals surface area contributed by atoms with Crippen LogP contribution in [-0.2, 0) is 15.0 Å². The van der Waals surface area contributed by atoms with Crippen LogP contribution in [0.5, 0.6) is 0 Å². The summed E-state index contributed by atoms with van der Waals surface area (Å²) in [6, 6.07) is -0.916. The van der Waals surface area contributed by atoms with Crippen LogP contribution >= 0.6 is 0 Å². The van der Waals surface area contributed by atoms with Gasteiger partial charge in [-0.05, 0) is 20.8 Å². The molecule has 0 aliphatic carbocycles. The molecular weight excluding hydrogens is 230 g/mol. The highest BCUT2D eigenvalue weighted by atomic mass is 32.2. The van der Waals surface area contributed by atoms with Crippen LogP contribution in [0.3, 0.4) is 0 Å². The molecule has 0 rings (SSSR count). The zero-order valence-electron chi connectivity index (χ0n) is 10.7. The molecule has 0 aromatic heterocycles. The maximum Gasteiger partial charge on any atom is 0.280 e. The molecule has 0 saturated carbocycles. The van der Waals surface area contributed by atoms with E-state index in [2.05, 4.69) is 4.72 Å². The Labute approximate surface area is 97.8 Å². The van der Waals surface area contributed by atoms with Gasteiger partial charge in [0.2, 0.25) is 5.91 Å². The van der Waals surface area contributed by atoms with Crippen LogP contribution in [-0.4, -0.2) is 56.8 Å². The van der Waals surface area contributed by atoms with Crippen LogP contribution in [0.4, 0.5) is 0 Å². The van der Waals surface area contributed by atoms with Crippen molar-refractivity contribution in [3.63, 3.8) is 0 Å². The van der Waals surface area contributed by atoms with Crippen molar-refractivity contribution >= 4 is 16.1 Å². The van der Waals surface area contributed by atoms with E-state index in [0.717, 1.165) is 0 Å². The van der Waals surface area contributed by atoms with E-state index >= 15 is 0 Å². The van der Waals surface area contributed by atoms with E-state index in [1.807, 2.05) is 0 Å². The highest BCUT2D eigenvalue weighted by molar-refractivity contribution is 7.87. The highest BCUT2D eigenvalue weighted by Gasteiger charge is 2.26. The Morgan fingerprint density at radius 2 is 1.56 bits per heavy atom. The highest BCUT2D eigenvalue weighted by Crippen LogP contribution is 2.02. The van der Waals surface area contributed by atoms with Crippen LogP contribution in [0.2, 0.25) is 0 Å². The molecule has 1 amide bonds. The minimum absolute atomic E-state index is 0.154. The third-order valence-electron chi connectivity index (χ3n) is 2.24. The minimum Gasteiger partial charge on any atom is -0.347 e. The van der Waals surface area contributed by atoms with Crippen molar-refractivity contribution in [1.29, 1.82) is 0 Å². The molecule has 0 fully saturated rings. The summed E-state index contributed by atoms with van der Waals surface area (Å²) in [4.78, 5) is 12.8. The third-order valence-corrected chi connectivity index (χ3v) is 4.07. The van der Waals surface area contributed by atoms with Gasteiger partial charge in [-0.2, -0.15) is 17.4 Å². The van der Waals surface area contributed by atoms with Gasteiger partial charge in [-0.1, -0.05) is 0 Å². The number of carbonyl (C=O) groups excluding carboxylic acids is 1. The molecule has 6 nitrogen and oxygen atoms in total. The molecule has 0 aromatic carbocycles. The number of rotatable bonds is 5. The second-order valence-electron chi connectivity index (χ2n) is 4.19. The summed E-state index contributed by atoms with van der Waals surface area (Å²) in [5.41, 5.74) is 0. The maximum absolute atomic E-state index is 11.8. The van der Waals surface area contributed by atoms with Crippen molar-refractivity contribution in [2.75, 3.05) is 21.1 Å². The number of hydrogen-bond donors (Lipinski definition) is 1. The van der Waals surface area contributed by atoms with Crippen LogP contribution in [0.15, 0.2) is 0 Å². The van der Waals surface area contributed by atoms with E-state index in [4.69, 9.17) is 0 Å². The second kappa shape index (κ2) is 5.60. The average molecular weight is 251 g/mol. The first-order valence-electron chi connectivity index (χ1n) is 5.06. The number of carbonyl (C=O) groups is 1. The Balaban J connectivity index is 4.67. The lowest BCUT2D eigenvalue weighted by Crippen LogP contribution is -2.50. The van der Waals surface area contributed by atoms with E-state index in [-0.39, 0.29) is 11.9 Å². The van der Waals surface area contributed by atoms with Gasteiger partial charge in [-0.15, -0.1) is 0 Å². The molecule has 0 radical (unpaired) electrons. The number of hydrogen-bond acceptors (Lipinski definition) is 3. The Hall–Kier alpha value is -0.660. The van der Waals surface area contributed by atoms with Gasteiger partial charge in [0.05, 0.1) is 6.04 Å². The zero-order chi connectivity index (χ0) is 13.1. The lowest BCUT2D eigenvalue weighted by molar-refractivity contribution is -0.130. The van der Waals surface area contributed by atoms with Gasteiger partial charge < -0.3 is 4.90 Å². The Bertz CT molecular complexity index is 338. The predicted molar refractivity (Wildman–Crippen MR) is 63.1 cm³/mol. The van der Waals surface area contributed by atoms with Crippen molar-refractivity contribution in [3.8, 4) is 0 Å². The monoisotopic (exact) mass is 251 g/mol. The quantitative estimate of drug-likeness (QED) is 0.725. The maximum atomic E-state index is 11.8. The summed E-state index contributed by atoms with van der Waals surface area (Å²) in [5.74, 6) is -0.277. The standard InChI is InChI=1S/C9H21N3O3S/c1-7(2)12(6)16(14,15)10-8(3)9(13)11(4)5/h7-8,10H,1-6H3/t8-/m0/s1. The second-order valence-corrected chi connectivity index (χ2v) is 5.95. The van der Waals surface area contributed by atoms with Gasteiger partial charge in [-0.3, -0.25) is 4.79 Å². The van der Waals surface area contributed by atoms with Crippen molar-refractivity contribution in [2.45, 2.75) is 32.9 Å².